The van der Waals surface area contributed by atoms with Gasteiger partial charge in [-0.15, -0.1) is 0 Å². The fourth-order valence-corrected chi connectivity index (χ4v) is 1.79. The minimum absolute atomic E-state index is 0.459. The second-order valence-electron chi connectivity index (χ2n) is 2.08. The molecular formula is C7H8BrO3P. The Hall–Kier alpha value is 0.0100. The van der Waals surface area contributed by atoms with Crippen molar-refractivity contribution >= 4 is 24.5 Å². The third-order valence-electron chi connectivity index (χ3n) is 1.25. The number of hydrogen-bond donors (Lipinski definition) is 2. The summed E-state index contributed by atoms with van der Waals surface area (Å²) in [6, 6.07) is 9.24. The van der Waals surface area contributed by atoms with Gasteiger partial charge in [0.05, 0.1) is 0 Å². The first-order valence-electron chi connectivity index (χ1n) is 3.24. The molecule has 12 heavy (non-hydrogen) atoms. The topological polar surface area (TPSA) is 49.7 Å². The summed E-state index contributed by atoms with van der Waals surface area (Å²) in [7, 11) is -2.31. The van der Waals surface area contributed by atoms with Crippen LogP contribution >= 0.6 is 24.5 Å². The van der Waals surface area contributed by atoms with Crippen molar-refractivity contribution in [2.45, 2.75) is 5.01 Å². The molecule has 1 atom stereocenters. The molecular weight excluding hydrogens is 243 g/mol. The van der Waals surface area contributed by atoms with Crippen LogP contribution in [0.15, 0.2) is 30.3 Å². The zero-order chi connectivity index (χ0) is 8.97. The van der Waals surface area contributed by atoms with E-state index in [2.05, 4.69) is 15.9 Å². The van der Waals surface area contributed by atoms with Crippen LogP contribution in [0.1, 0.15) is 10.6 Å². The quantitative estimate of drug-likeness (QED) is 0.640. The highest BCUT2D eigenvalue weighted by Crippen LogP contribution is 2.37. The number of benzene rings is 1. The second kappa shape index (κ2) is 4.90. The molecule has 1 aromatic rings. The van der Waals surface area contributed by atoms with Crippen molar-refractivity contribution in [1.29, 1.82) is 0 Å². The molecule has 2 N–H and O–H groups in total. The molecule has 1 rings (SSSR count). The molecule has 0 aromatic heterocycles. The van der Waals surface area contributed by atoms with Crippen LogP contribution in [0.3, 0.4) is 0 Å². The van der Waals surface area contributed by atoms with Gasteiger partial charge in [-0.1, -0.05) is 46.3 Å². The van der Waals surface area contributed by atoms with Crippen LogP contribution in [0.25, 0.3) is 0 Å². The van der Waals surface area contributed by atoms with Gasteiger partial charge in [0, 0.05) is 0 Å². The SMILES string of the molecule is OP(O)OC(Br)c1ccccc1. The van der Waals surface area contributed by atoms with E-state index in [1.54, 1.807) is 0 Å². The zero-order valence-electron chi connectivity index (χ0n) is 6.09. The van der Waals surface area contributed by atoms with Crippen molar-refractivity contribution in [3.63, 3.8) is 0 Å². The van der Waals surface area contributed by atoms with Crippen LogP contribution in [0.2, 0.25) is 0 Å². The predicted octanol–water partition coefficient (Wildman–Crippen LogP) is 2.31. The summed E-state index contributed by atoms with van der Waals surface area (Å²) in [4.78, 5) is 17.1. The first-order valence-corrected chi connectivity index (χ1v) is 5.32. The molecule has 0 heterocycles. The highest BCUT2D eigenvalue weighted by molar-refractivity contribution is 9.09. The average molecular weight is 251 g/mol. The van der Waals surface area contributed by atoms with Crippen LogP contribution in [-0.2, 0) is 4.52 Å². The van der Waals surface area contributed by atoms with Gasteiger partial charge in [-0.2, -0.15) is 0 Å². The van der Waals surface area contributed by atoms with Crippen molar-refractivity contribution < 1.29 is 14.3 Å². The minimum atomic E-state index is -2.31. The first-order chi connectivity index (χ1) is 5.70. The van der Waals surface area contributed by atoms with Gasteiger partial charge in [-0.3, -0.25) is 4.52 Å². The standard InChI is InChI=1S/C7H8BrO3P/c8-7(11-12(9)10)6-4-2-1-3-5-6/h1-5,7,9-10H. The lowest BCUT2D eigenvalue weighted by molar-refractivity contribution is 0.243. The molecule has 0 spiro atoms. The molecule has 1 unspecified atom stereocenters. The summed E-state index contributed by atoms with van der Waals surface area (Å²) in [5.74, 6) is 0. The highest BCUT2D eigenvalue weighted by Gasteiger charge is 2.11. The molecule has 5 heteroatoms. The van der Waals surface area contributed by atoms with Crippen molar-refractivity contribution in [1.82, 2.24) is 0 Å². The van der Waals surface area contributed by atoms with Crippen molar-refractivity contribution in [3.8, 4) is 0 Å². The molecule has 0 aliphatic carbocycles. The molecule has 3 nitrogen and oxygen atoms in total. The van der Waals surface area contributed by atoms with Gasteiger partial charge < -0.3 is 9.79 Å². The molecule has 0 aliphatic rings. The maximum Gasteiger partial charge on any atom is 0.328 e. The number of hydrogen-bond acceptors (Lipinski definition) is 3. The Morgan fingerprint density at radius 3 is 2.33 bits per heavy atom. The summed E-state index contributed by atoms with van der Waals surface area (Å²) < 4.78 is 4.73. The van der Waals surface area contributed by atoms with Gasteiger partial charge in [-0.25, -0.2) is 0 Å². The number of halogens is 1. The van der Waals surface area contributed by atoms with Gasteiger partial charge in [0.1, 0.15) is 5.01 Å². The smallest absolute Gasteiger partial charge is 0.328 e. The van der Waals surface area contributed by atoms with E-state index in [9.17, 15) is 0 Å². The van der Waals surface area contributed by atoms with E-state index in [1.807, 2.05) is 30.3 Å². The molecule has 0 bridgehead atoms. The van der Waals surface area contributed by atoms with Crippen LogP contribution in [0, 0.1) is 0 Å². The molecule has 0 saturated heterocycles. The van der Waals surface area contributed by atoms with Crippen molar-refractivity contribution in [2.75, 3.05) is 0 Å². The summed E-state index contributed by atoms with van der Waals surface area (Å²) >= 11 is 3.16. The van der Waals surface area contributed by atoms with E-state index < -0.39 is 13.6 Å². The van der Waals surface area contributed by atoms with Gasteiger partial charge in [0.15, 0.2) is 0 Å². The van der Waals surface area contributed by atoms with E-state index in [0.717, 1.165) is 5.56 Å². The Kier molecular flexibility index (Phi) is 4.12. The molecule has 66 valence electrons. The third kappa shape index (κ3) is 3.17. The van der Waals surface area contributed by atoms with Crippen LogP contribution in [0.4, 0.5) is 0 Å². The van der Waals surface area contributed by atoms with Gasteiger partial charge in [-0.05, 0) is 5.56 Å². The first kappa shape index (κ1) is 10.1. The maximum atomic E-state index is 8.55. The maximum absolute atomic E-state index is 8.55. The van der Waals surface area contributed by atoms with Crippen LogP contribution in [0.5, 0.6) is 0 Å². The fourth-order valence-electron chi connectivity index (χ4n) is 0.748. The van der Waals surface area contributed by atoms with Crippen LogP contribution in [-0.4, -0.2) is 9.79 Å². The molecule has 0 radical (unpaired) electrons. The summed E-state index contributed by atoms with van der Waals surface area (Å²) in [6.45, 7) is 0. The number of alkyl halides is 1. The Morgan fingerprint density at radius 1 is 1.25 bits per heavy atom. The normalized spacial score (nSPS) is 13.3. The monoisotopic (exact) mass is 250 g/mol. The Labute approximate surface area is 80.1 Å². The molecule has 0 amide bonds. The third-order valence-corrected chi connectivity index (χ3v) is 2.65. The molecule has 0 aliphatic heterocycles. The van der Waals surface area contributed by atoms with Crippen LogP contribution < -0.4 is 0 Å². The Morgan fingerprint density at radius 2 is 1.83 bits per heavy atom. The van der Waals surface area contributed by atoms with E-state index in [-0.39, 0.29) is 0 Å². The average Bonchev–Trinajstić information content (AvgIpc) is 2.05. The van der Waals surface area contributed by atoms with Crippen molar-refractivity contribution in [3.05, 3.63) is 35.9 Å². The summed E-state index contributed by atoms with van der Waals surface area (Å²) in [5, 5.41) is -0.459. The molecule has 0 saturated carbocycles. The Balaban J connectivity index is 2.59. The highest BCUT2D eigenvalue weighted by atomic mass is 79.9. The minimum Gasteiger partial charge on any atom is -0.328 e. The predicted molar refractivity (Wildman–Crippen MR) is 50.6 cm³/mol. The van der Waals surface area contributed by atoms with Gasteiger partial charge in [0.25, 0.3) is 0 Å². The zero-order valence-corrected chi connectivity index (χ0v) is 8.57. The van der Waals surface area contributed by atoms with E-state index in [0.29, 0.717) is 0 Å². The Bertz CT molecular complexity index is 229. The number of rotatable bonds is 3. The van der Waals surface area contributed by atoms with Gasteiger partial charge in [0.2, 0.25) is 0 Å². The largest absolute Gasteiger partial charge is 0.328 e. The van der Waals surface area contributed by atoms with Gasteiger partial charge >= 0.3 is 8.60 Å². The van der Waals surface area contributed by atoms with E-state index >= 15 is 0 Å². The lowest BCUT2D eigenvalue weighted by Crippen LogP contribution is -1.91. The van der Waals surface area contributed by atoms with E-state index in [4.69, 9.17) is 14.3 Å². The fraction of sp³-hybridized carbons (Fsp3) is 0.143. The second-order valence-corrected chi connectivity index (χ2v) is 3.63. The summed E-state index contributed by atoms with van der Waals surface area (Å²) in [5.41, 5.74) is 0.855. The molecule has 0 fully saturated rings. The summed E-state index contributed by atoms with van der Waals surface area (Å²) in [6.07, 6.45) is 0. The van der Waals surface area contributed by atoms with Crippen molar-refractivity contribution in [2.24, 2.45) is 0 Å². The van der Waals surface area contributed by atoms with E-state index in [1.165, 1.54) is 0 Å². The lowest BCUT2D eigenvalue weighted by Gasteiger charge is -2.10. The molecule has 1 aromatic carbocycles. The lowest BCUT2D eigenvalue weighted by atomic mass is 10.2.